The number of thioether (sulfide) groups is 1. The van der Waals surface area contributed by atoms with Crippen molar-refractivity contribution in [3.8, 4) is 0 Å². The van der Waals surface area contributed by atoms with Crippen molar-refractivity contribution in [2.75, 3.05) is 5.32 Å². The van der Waals surface area contributed by atoms with Crippen molar-refractivity contribution < 1.29 is 4.79 Å². The number of aryl methyl sites for hydroxylation is 1. The molecule has 4 aromatic rings. The van der Waals surface area contributed by atoms with Crippen molar-refractivity contribution in [3.05, 3.63) is 81.9 Å². The highest BCUT2D eigenvalue weighted by Crippen LogP contribution is 2.28. The van der Waals surface area contributed by atoms with Gasteiger partial charge < -0.3 is 0 Å². The van der Waals surface area contributed by atoms with Gasteiger partial charge in [-0.1, -0.05) is 47.4 Å². The number of anilines is 1. The highest BCUT2D eigenvalue weighted by atomic mass is 32.2. The number of rotatable bonds is 5. The van der Waals surface area contributed by atoms with E-state index in [1.165, 1.54) is 33.6 Å². The normalized spacial score (nSPS) is 10.9. The van der Waals surface area contributed by atoms with Crippen LogP contribution in [0.3, 0.4) is 0 Å². The van der Waals surface area contributed by atoms with Crippen LogP contribution in [0.15, 0.2) is 63.9 Å². The summed E-state index contributed by atoms with van der Waals surface area (Å²) in [5.74, 6) is 0.259. The van der Waals surface area contributed by atoms with Gasteiger partial charge >= 0.3 is 0 Å². The maximum atomic E-state index is 12.3. The Morgan fingerprint density at radius 2 is 2.00 bits per heavy atom. The number of carbonyl (C=O) groups is 1. The van der Waals surface area contributed by atoms with E-state index in [-0.39, 0.29) is 11.5 Å². The molecule has 0 spiro atoms. The number of amides is 1. The first-order valence-electron chi connectivity index (χ1n) is 8.41. The van der Waals surface area contributed by atoms with Gasteiger partial charge in [-0.2, -0.15) is 0 Å². The largest absolute Gasteiger partial charge is 0.296 e. The Balaban J connectivity index is 1.45. The average molecular weight is 409 g/mol. The van der Waals surface area contributed by atoms with Crippen molar-refractivity contribution in [2.24, 2.45) is 0 Å². The Hall–Kier alpha value is -3.04. The molecule has 0 aliphatic rings. The number of hydrogen-bond acceptors (Lipinski definition) is 7. The van der Waals surface area contributed by atoms with Gasteiger partial charge in [0.25, 0.3) is 11.5 Å². The highest BCUT2D eigenvalue weighted by Gasteiger charge is 2.11. The smallest absolute Gasteiger partial charge is 0.258 e. The molecule has 0 saturated carbocycles. The molecule has 0 atom stereocenters. The van der Waals surface area contributed by atoms with E-state index in [1.807, 2.05) is 25.1 Å². The van der Waals surface area contributed by atoms with Crippen molar-refractivity contribution in [1.82, 2.24) is 19.6 Å². The van der Waals surface area contributed by atoms with Crippen molar-refractivity contribution in [3.63, 3.8) is 0 Å². The first-order chi connectivity index (χ1) is 13.6. The Bertz CT molecular complexity index is 1200. The van der Waals surface area contributed by atoms with Crippen LogP contribution in [0.4, 0.5) is 5.13 Å². The fourth-order valence-corrected chi connectivity index (χ4v) is 4.24. The number of pyridine rings is 1. The van der Waals surface area contributed by atoms with Crippen molar-refractivity contribution >= 4 is 39.8 Å². The van der Waals surface area contributed by atoms with Crippen LogP contribution in [0.1, 0.15) is 21.6 Å². The quantitative estimate of drug-likeness (QED) is 0.401. The molecule has 0 radical (unpaired) electrons. The number of nitrogens with one attached hydrogen (secondary N) is 1. The van der Waals surface area contributed by atoms with Gasteiger partial charge in [0, 0.05) is 23.6 Å². The molecule has 3 aromatic heterocycles. The molecule has 1 amide bonds. The van der Waals surface area contributed by atoms with E-state index in [2.05, 4.69) is 20.5 Å². The van der Waals surface area contributed by atoms with Crippen LogP contribution in [-0.4, -0.2) is 25.5 Å². The maximum Gasteiger partial charge on any atom is 0.258 e. The Morgan fingerprint density at radius 1 is 1.18 bits per heavy atom. The van der Waals surface area contributed by atoms with Crippen LogP contribution >= 0.6 is 23.1 Å². The van der Waals surface area contributed by atoms with E-state index in [4.69, 9.17) is 0 Å². The fourth-order valence-electron chi connectivity index (χ4n) is 2.60. The predicted octanol–water partition coefficient (Wildman–Crippen LogP) is 3.40. The molecule has 3 heterocycles. The zero-order chi connectivity index (χ0) is 19.5. The lowest BCUT2D eigenvalue weighted by Gasteiger charge is -2.05. The maximum absolute atomic E-state index is 12.3. The number of hydrogen-bond donors (Lipinski definition) is 1. The zero-order valence-electron chi connectivity index (χ0n) is 14.8. The minimum absolute atomic E-state index is 0.114. The molecular weight excluding hydrogens is 394 g/mol. The lowest BCUT2D eigenvalue weighted by molar-refractivity contribution is 0.102. The first kappa shape index (κ1) is 18.3. The van der Waals surface area contributed by atoms with Crippen LogP contribution in [0.2, 0.25) is 0 Å². The molecule has 4 rings (SSSR count). The molecule has 7 nitrogen and oxygen atoms in total. The molecule has 0 aliphatic heterocycles. The Labute approximate surface area is 168 Å². The standard InChI is InChI=1S/C19H15N5O2S2/c1-12-6-5-9-24-15(25)10-14(20-16(12)24)11-27-19-23-22-18(28-19)21-17(26)13-7-3-2-4-8-13/h2-10H,11H2,1H3,(H,21,22,26). The lowest BCUT2D eigenvalue weighted by atomic mass is 10.2. The minimum Gasteiger partial charge on any atom is -0.296 e. The van der Waals surface area contributed by atoms with Crippen LogP contribution in [-0.2, 0) is 5.75 Å². The monoisotopic (exact) mass is 409 g/mol. The average Bonchev–Trinajstić information content (AvgIpc) is 3.15. The van der Waals surface area contributed by atoms with E-state index in [0.29, 0.717) is 32.1 Å². The topological polar surface area (TPSA) is 89.3 Å². The van der Waals surface area contributed by atoms with Crippen LogP contribution in [0, 0.1) is 6.92 Å². The fraction of sp³-hybridized carbons (Fsp3) is 0.105. The summed E-state index contributed by atoms with van der Waals surface area (Å²) >= 11 is 2.71. The molecule has 28 heavy (non-hydrogen) atoms. The third kappa shape index (κ3) is 3.95. The molecule has 0 fully saturated rings. The number of benzene rings is 1. The lowest BCUT2D eigenvalue weighted by Crippen LogP contribution is -2.15. The van der Waals surface area contributed by atoms with E-state index in [9.17, 15) is 9.59 Å². The summed E-state index contributed by atoms with van der Waals surface area (Å²) in [5.41, 5.74) is 2.71. The van der Waals surface area contributed by atoms with Crippen molar-refractivity contribution in [2.45, 2.75) is 17.0 Å². The summed E-state index contributed by atoms with van der Waals surface area (Å²) in [6, 6.07) is 14.2. The van der Waals surface area contributed by atoms with Gasteiger partial charge in [0.1, 0.15) is 5.65 Å². The number of carbonyl (C=O) groups excluding carboxylic acids is 1. The molecule has 0 bridgehead atoms. The van der Waals surface area contributed by atoms with Gasteiger partial charge in [0.2, 0.25) is 5.13 Å². The number of nitrogens with zero attached hydrogens (tertiary/aromatic N) is 4. The first-order valence-corrected chi connectivity index (χ1v) is 10.2. The van der Waals surface area contributed by atoms with Gasteiger partial charge in [-0.25, -0.2) is 4.98 Å². The second-order valence-corrected chi connectivity index (χ2v) is 8.15. The molecule has 9 heteroatoms. The van der Waals surface area contributed by atoms with Gasteiger partial charge in [-0.3, -0.25) is 19.3 Å². The van der Waals surface area contributed by atoms with Gasteiger partial charge in [0.05, 0.1) is 5.69 Å². The van der Waals surface area contributed by atoms with Gasteiger partial charge in [0.15, 0.2) is 4.34 Å². The van der Waals surface area contributed by atoms with E-state index < -0.39 is 0 Å². The van der Waals surface area contributed by atoms with Gasteiger partial charge in [-0.05, 0) is 30.7 Å². The van der Waals surface area contributed by atoms with Crippen LogP contribution in [0.5, 0.6) is 0 Å². The molecule has 0 saturated heterocycles. The third-order valence-electron chi connectivity index (χ3n) is 3.95. The summed E-state index contributed by atoms with van der Waals surface area (Å²) in [6.45, 7) is 1.92. The van der Waals surface area contributed by atoms with Crippen LogP contribution < -0.4 is 10.9 Å². The SMILES string of the molecule is Cc1cccn2c(=O)cc(CSc3nnc(NC(=O)c4ccccc4)s3)nc12. The Kier molecular flexibility index (Phi) is 5.18. The Morgan fingerprint density at radius 3 is 2.82 bits per heavy atom. The summed E-state index contributed by atoms with van der Waals surface area (Å²) in [7, 11) is 0. The summed E-state index contributed by atoms with van der Waals surface area (Å²) < 4.78 is 2.22. The minimum atomic E-state index is -0.229. The molecular formula is C19H15N5O2S2. The summed E-state index contributed by atoms with van der Waals surface area (Å²) in [6.07, 6.45) is 1.71. The number of aromatic nitrogens is 4. The third-order valence-corrected chi connectivity index (χ3v) is 5.95. The second kappa shape index (κ2) is 7.91. The number of fused-ring (bicyclic) bond motifs is 1. The molecule has 1 aromatic carbocycles. The van der Waals surface area contributed by atoms with Gasteiger partial charge in [-0.15, -0.1) is 10.2 Å². The molecule has 0 unspecified atom stereocenters. The van der Waals surface area contributed by atoms with E-state index in [1.54, 1.807) is 30.5 Å². The van der Waals surface area contributed by atoms with E-state index in [0.717, 1.165) is 5.56 Å². The highest BCUT2D eigenvalue weighted by molar-refractivity contribution is 8.00. The predicted molar refractivity (Wildman–Crippen MR) is 110 cm³/mol. The van der Waals surface area contributed by atoms with Crippen molar-refractivity contribution in [1.29, 1.82) is 0 Å². The second-order valence-electron chi connectivity index (χ2n) is 5.95. The molecule has 1 N–H and O–H groups in total. The van der Waals surface area contributed by atoms with E-state index >= 15 is 0 Å². The molecule has 140 valence electrons. The summed E-state index contributed by atoms with van der Waals surface area (Å²) in [5, 5.41) is 11.3. The summed E-state index contributed by atoms with van der Waals surface area (Å²) in [4.78, 5) is 29.0. The zero-order valence-corrected chi connectivity index (χ0v) is 16.5. The van der Waals surface area contributed by atoms with Crippen LogP contribution in [0.25, 0.3) is 5.65 Å². The molecule has 0 aliphatic carbocycles.